The minimum atomic E-state index is -2.08. The molecule has 0 heterocycles. The van der Waals surface area contributed by atoms with Crippen LogP contribution >= 0.6 is 0 Å². The lowest BCUT2D eigenvalue weighted by molar-refractivity contribution is 0.238. The van der Waals surface area contributed by atoms with Crippen LogP contribution in [-0.4, -0.2) is 22.8 Å². The average Bonchev–Trinajstić information content (AvgIpc) is 2.92. The molecule has 0 aromatic heterocycles. The maximum absolute atomic E-state index is 5.86. The second-order valence-corrected chi connectivity index (χ2v) is 7.99. The Hall–Kier alpha value is -0.383. The predicted octanol–water partition coefficient (Wildman–Crippen LogP) is 3.09. The van der Waals surface area contributed by atoms with Crippen molar-refractivity contribution < 1.29 is 8.85 Å². The summed E-state index contributed by atoms with van der Waals surface area (Å²) in [5.74, 6) is 0. The molecule has 0 bridgehead atoms. The van der Waals surface area contributed by atoms with Gasteiger partial charge in [-0.2, -0.15) is 0 Å². The van der Waals surface area contributed by atoms with Gasteiger partial charge in [0.05, 0.1) is 0 Å². The van der Waals surface area contributed by atoms with Gasteiger partial charge in [0.25, 0.3) is 0 Å². The van der Waals surface area contributed by atoms with Crippen molar-refractivity contribution in [1.82, 2.24) is 0 Å². The molecule has 0 aromatic rings. The van der Waals surface area contributed by atoms with Crippen LogP contribution in [0.15, 0.2) is 23.4 Å². The lowest BCUT2D eigenvalue weighted by Gasteiger charge is -2.34. The number of hydrogen-bond acceptors (Lipinski definition) is 2. The van der Waals surface area contributed by atoms with Crippen molar-refractivity contribution in [2.75, 3.05) is 14.2 Å². The zero-order valence-electron chi connectivity index (χ0n) is 9.66. The Morgan fingerprint density at radius 2 is 1.87 bits per heavy atom. The number of rotatable bonds is 4. The standard InChI is InChI=1S/C12H20O2Si/c1-13-15(14-2,11-7-3-4-8-11)12-9-5-6-10-12/h3-4,7,12H,5-6,8-10H2,1-2H3. The molecule has 0 saturated heterocycles. The Bertz CT molecular complexity index is 273. The third-order valence-electron chi connectivity index (χ3n) is 3.72. The molecular formula is C12H20O2Si. The van der Waals surface area contributed by atoms with Crippen molar-refractivity contribution in [2.45, 2.75) is 37.6 Å². The largest absolute Gasteiger partial charge is 0.394 e. The molecular weight excluding hydrogens is 204 g/mol. The third-order valence-corrected chi connectivity index (χ3v) is 7.85. The van der Waals surface area contributed by atoms with E-state index in [1.807, 2.05) is 14.2 Å². The van der Waals surface area contributed by atoms with Gasteiger partial charge in [-0.3, -0.25) is 0 Å². The fourth-order valence-electron chi connectivity index (χ4n) is 2.95. The van der Waals surface area contributed by atoms with E-state index >= 15 is 0 Å². The van der Waals surface area contributed by atoms with Crippen molar-refractivity contribution >= 4 is 8.56 Å². The van der Waals surface area contributed by atoms with Crippen LogP contribution in [0.4, 0.5) is 0 Å². The van der Waals surface area contributed by atoms with Gasteiger partial charge in [-0.15, -0.1) is 0 Å². The molecule has 2 aliphatic carbocycles. The maximum Gasteiger partial charge on any atom is 0.371 e. The summed E-state index contributed by atoms with van der Waals surface area (Å²) in [6, 6.07) is 0. The van der Waals surface area contributed by atoms with Crippen molar-refractivity contribution in [3.05, 3.63) is 23.4 Å². The van der Waals surface area contributed by atoms with E-state index in [0.717, 1.165) is 6.42 Å². The Balaban J connectivity index is 2.21. The molecule has 0 radical (unpaired) electrons. The predicted molar refractivity (Wildman–Crippen MR) is 63.8 cm³/mol. The van der Waals surface area contributed by atoms with Gasteiger partial charge < -0.3 is 8.85 Å². The number of hydrogen-bond donors (Lipinski definition) is 0. The van der Waals surface area contributed by atoms with Crippen LogP contribution in [0.1, 0.15) is 32.1 Å². The normalized spacial score (nSPS) is 22.4. The Labute approximate surface area is 93.2 Å². The van der Waals surface area contributed by atoms with E-state index in [2.05, 4.69) is 18.2 Å². The first-order valence-electron chi connectivity index (χ1n) is 5.80. The van der Waals surface area contributed by atoms with Gasteiger partial charge >= 0.3 is 8.56 Å². The van der Waals surface area contributed by atoms with Crippen molar-refractivity contribution in [1.29, 1.82) is 0 Å². The third kappa shape index (κ3) is 1.84. The van der Waals surface area contributed by atoms with Gasteiger partial charge in [-0.1, -0.05) is 31.1 Å². The quantitative estimate of drug-likeness (QED) is 0.683. The summed E-state index contributed by atoms with van der Waals surface area (Å²) < 4.78 is 11.7. The van der Waals surface area contributed by atoms with Gasteiger partial charge in [0.1, 0.15) is 0 Å². The molecule has 0 spiro atoms. The van der Waals surface area contributed by atoms with Crippen LogP contribution in [0.3, 0.4) is 0 Å². The highest BCUT2D eigenvalue weighted by molar-refractivity contribution is 6.76. The Kier molecular flexibility index (Phi) is 3.44. The highest BCUT2D eigenvalue weighted by atomic mass is 28.4. The van der Waals surface area contributed by atoms with Gasteiger partial charge in [-0.25, -0.2) is 0 Å². The molecule has 2 rings (SSSR count). The van der Waals surface area contributed by atoms with Crippen molar-refractivity contribution in [3.8, 4) is 0 Å². The minimum absolute atomic E-state index is 0.665. The molecule has 2 nitrogen and oxygen atoms in total. The number of allylic oxidation sites excluding steroid dienone is 4. The highest BCUT2D eigenvalue weighted by Gasteiger charge is 2.48. The first kappa shape index (κ1) is 11.1. The van der Waals surface area contributed by atoms with Crippen LogP contribution < -0.4 is 0 Å². The second kappa shape index (κ2) is 4.64. The summed E-state index contributed by atoms with van der Waals surface area (Å²) >= 11 is 0. The molecule has 1 saturated carbocycles. The lowest BCUT2D eigenvalue weighted by atomic mass is 10.4. The van der Waals surface area contributed by atoms with E-state index in [1.54, 1.807) is 0 Å². The van der Waals surface area contributed by atoms with Crippen LogP contribution in [0.2, 0.25) is 5.54 Å². The van der Waals surface area contributed by atoms with Gasteiger partial charge in [0.15, 0.2) is 0 Å². The Morgan fingerprint density at radius 3 is 2.33 bits per heavy atom. The Morgan fingerprint density at radius 1 is 1.20 bits per heavy atom. The van der Waals surface area contributed by atoms with E-state index in [1.165, 1.54) is 30.9 Å². The average molecular weight is 224 g/mol. The first-order chi connectivity index (χ1) is 7.33. The molecule has 2 aliphatic rings. The van der Waals surface area contributed by atoms with E-state index < -0.39 is 8.56 Å². The molecule has 0 amide bonds. The van der Waals surface area contributed by atoms with E-state index in [0.29, 0.717) is 5.54 Å². The zero-order chi connectivity index (χ0) is 10.7. The SMILES string of the molecule is CO[Si](OC)(C1=CC=CC1)C1CCCC1. The molecule has 3 heteroatoms. The molecule has 0 aliphatic heterocycles. The summed E-state index contributed by atoms with van der Waals surface area (Å²) in [5.41, 5.74) is 0.665. The van der Waals surface area contributed by atoms with Crippen LogP contribution in [0.25, 0.3) is 0 Å². The van der Waals surface area contributed by atoms with Crippen LogP contribution in [0, 0.1) is 0 Å². The second-order valence-electron chi connectivity index (χ2n) is 4.38. The highest BCUT2D eigenvalue weighted by Crippen LogP contribution is 2.44. The van der Waals surface area contributed by atoms with Crippen molar-refractivity contribution in [2.24, 2.45) is 0 Å². The molecule has 1 fully saturated rings. The van der Waals surface area contributed by atoms with Crippen LogP contribution in [0.5, 0.6) is 0 Å². The van der Waals surface area contributed by atoms with E-state index in [4.69, 9.17) is 8.85 Å². The van der Waals surface area contributed by atoms with Crippen molar-refractivity contribution in [3.63, 3.8) is 0 Å². The first-order valence-corrected chi connectivity index (χ1v) is 7.69. The summed E-state index contributed by atoms with van der Waals surface area (Å²) in [5, 5.41) is 1.42. The smallest absolute Gasteiger partial charge is 0.371 e. The molecule has 84 valence electrons. The van der Waals surface area contributed by atoms with E-state index in [-0.39, 0.29) is 0 Å². The molecule has 0 aromatic carbocycles. The minimum Gasteiger partial charge on any atom is -0.394 e. The van der Waals surface area contributed by atoms with Gasteiger partial charge in [0.2, 0.25) is 0 Å². The van der Waals surface area contributed by atoms with E-state index in [9.17, 15) is 0 Å². The maximum atomic E-state index is 5.86. The zero-order valence-corrected chi connectivity index (χ0v) is 10.7. The lowest BCUT2D eigenvalue weighted by Crippen LogP contribution is -2.46. The van der Waals surface area contributed by atoms with Gasteiger partial charge in [0, 0.05) is 19.8 Å². The summed E-state index contributed by atoms with van der Waals surface area (Å²) in [7, 11) is 1.57. The molecule has 15 heavy (non-hydrogen) atoms. The summed E-state index contributed by atoms with van der Waals surface area (Å²) in [6.45, 7) is 0. The monoisotopic (exact) mass is 224 g/mol. The fraction of sp³-hybridized carbons (Fsp3) is 0.667. The fourth-order valence-corrected chi connectivity index (χ4v) is 6.73. The van der Waals surface area contributed by atoms with Gasteiger partial charge in [-0.05, 0) is 24.5 Å². The summed E-state index contributed by atoms with van der Waals surface area (Å²) in [4.78, 5) is 0. The molecule has 0 N–H and O–H groups in total. The topological polar surface area (TPSA) is 18.5 Å². The molecule has 0 atom stereocenters. The summed E-state index contributed by atoms with van der Waals surface area (Å²) in [6.07, 6.45) is 12.8. The molecule has 0 unspecified atom stereocenters. The van der Waals surface area contributed by atoms with Crippen LogP contribution in [-0.2, 0) is 8.85 Å².